The van der Waals surface area contributed by atoms with Crippen molar-refractivity contribution < 1.29 is 52.0 Å². The minimum Gasteiger partial charge on any atom is -1.00 e. The number of nitrogens with zero attached hydrogens (tertiary/aromatic N) is 2. The third kappa shape index (κ3) is 5.03. The molecule has 2 aromatic carbocycles. The zero-order chi connectivity index (χ0) is 24.4. The zero-order valence-corrected chi connectivity index (χ0v) is 19.4. The molecule has 0 aliphatic carbocycles. The molecule has 0 bridgehead atoms. The number of carbonyl (C=O) groups excluding carboxylic acids is 4. The van der Waals surface area contributed by atoms with Crippen LogP contribution in [-0.2, 0) is 14.3 Å². The molecule has 3 atom stereocenters. The molecule has 4 rings (SSSR count). The Labute approximate surface area is 207 Å². The summed E-state index contributed by atoms with van der Waals surface area (Å²) in [5.74, 6) is -3.57. The van der Waals surface area contributed by atoms with Crippen LogP contribution in [0.25, 0.3) is 0 Å². The number of aliphatic carboxylic acids is 1. The zero-order valence-electron chi connectivity index (χ0n) is 18.6. The number of fused-ring (bicyclic) bond motifs is 1. The van der Waals surface area contributed by atoms with E-state index in [1.807, 2.05) is 6.07 Å². The topological polar surface area (TPSA) is 149 Å². The van der Waals surface area contributed by atoms with Crippen LogP contribution in [0.15, 0.2) is 54.6 Å². The molecular formula is C24H24ClN3O7. The van der Waals surface area contributed by atoms with Crippen LogP contribution in [-0.4, -0.2) is 63.9 Å². The van der Waals surface area contributed by atoms with Crippen molar-refractivity contribution in [1.82, 2.24) is 9.80 Å². The Balaban J connectivity index is 0.00000342. The van der Waals surface area contributed by atoms with Gasteiger partial charge in [0.15, 0.2) is 6.04 Å². The van der Waals surface area contributed by atoms with Gasteiger partial charge in [-0.2, -0.15) is 0 Å². The fourth-order valence-electron chi connectivity index (χ4n) is 4.32. The van der Waals surface area contributed by atoms with Gasteiger partial charge in [0.25, 0.3) is 11.8 Å². The highest BCUT2D eigenvalue weighted by atomic mass is 35.5. The van der Waals surface area contributed by atoms with E-state index < -0.39 is 47.8 Å². The van der Waals surface area contributed by atoms with Gasteiger partial charge in [0.2, 0.25) is 5.91 Å². The number of quaternary nitrogens is 1. The van der Waals surface area contributed by atoms with Crippen molar-refractivity contribution in [2.75, 3.05) is 13.2 Å². The van der Waals surface area contributed by atoms with Crippen LogP contribution >= 0.6 is 0 Å². The molecule has 0 spiro atoms. The number of imide groups is 2. The van der Waals surface area contributed by atoms with E-state index in [4.69, 9.17) is 4.74 Å². The Hall–Kier alpha value is -3.76. The molecule has 0 aromatic heterocycles. The number of cyclic esters (lactones) is 1. The Morgan fingerprint density at radius 3 is 2.14 bits per heavy atom. The molecule has 2 heterocycles. The fraction of sp³-hybridized carbons (Fsp3) is 0.292. The van der Waals surface area contributed by atoms with Crippen LogP contribution in [0.2, 0.25) is 0 Å². The van der Waals surface area contributed by atoms with Crippen LogP contribution in [0.1, 0.15) is 45.2 Å². The van der Waals surface area contributed by atoms with Crippen molar-refractivity contribution in [3.8, 4) is 0 Å². The summed E-state index contributed by atoms with van der Waals surface area (Å²) in [6.45, 7) is -0.0722. The van der Waals surface area contributed by atoms with Crippen molar-refractivity contribution in [2.24, 2.45) is 5.92 Å². The summed E-state index contributed by atoms with van der Waals surface area (Å²) in [6, 6.07) is 13.5. The van der Waals surface area contributed by atoms with E-state index >= 15 is 0 Å². The molecule has 184 valence electrons. The van der Waals surface area contributed by atoms with Crippen molar-refractivity contribution in [3.05, 3.63) is 71.3 Å². The van der Waals surface area contributed by atoms with E-state index in [9.17, 15) is 29.1 Å². The van der Waals surface area contributed by atoms with Gasteiger partial charge >= 0.3 is 12.1 Å². The van der Waals surface area contributed by atoms with Crippen molar-refractivity contribution in [2.45, 2.75) is 24.9 Å². The number of benzene rings is 2. The van der Waals surface area contributed by atoms with Gasteiger partial charge in [-0.3, -0.25) is 19.3 Å². The normalized spacial score (nSPS) is 18.5. The van der Waals surface area contributed by atoms with E-state index in [1.54, 1.807) is 48.5 Å². The number of rotatable bonds is 8. The number of hydrogen-bond acceptors (Lipinski definition) is 6. The third-order valence-electron chi connectivity index (χ3n) is 6.25. The first-order chi connectivity index (χ1) is 16.3. The number of carboxylic acids is 1. The van der Waals surface area contributed by atoms with E-state index in [1.165, 1.54) is 0 Å². The molecule has 4 amide bonds. The third-order valence-corrected chi connectivity index (χ3v) is 6.25. The summed E-state index contributed by atoms with van der Waals surface area (Å²) in [7, 11) is 0. The predicted octanol–water partition coefficient (Wildman–Crippen LogP) is -1.90. The summed E-state index contributed by atoms with van der Waals surface area (Å²) >= 11 is 0. The van der Waals surface area contributed by atoms with Crippen molar-refractivity contribution in [3.63, 3.8) is 0 Å². The number of amides is 4. The number of carboxylic acid groups (broad SMARTS) is 1. The smallest absolute Gasteiger partial charge is 0.417 e. The quantitative estimate of drug-likeness (QED) is 0.401. The highest BCUT2D eigenvalue weighted by Gasteiger charge is 2.42. The summed E-state index contributed by atoms with van der Waals surface area (Å²) in [6.07, 6.45) is -1.06. The minimum absolute atomic E-state index is 0. The molecule has 2 aliphatic rings. The summed E-state index contributed by atoms with van der Waals surface area (Å²) in [4.78, 5) is 64.4. The molecule has 10 nitrogen and oxygen atoms in total. The van der Waals surface area contributed by atoms with Gasteiger partial charge in [0.1, 0.15) is 12.6 Å². The van der Waals surface area contributed by atoms with Crippen LogP contribution in [0, 0.1) is 5.92 Å². The molecule has 35 heavy (non-hydrogen) atoms. The lowest BCUT2D eigenvalue weighted by Crippen LogP contribution is -3.00. The molecule has 0 saturated carbocycles. The molecule has 1 fully saturated rings. The first kappa shape index (κ1) is 25.9. The summed E-state index contributed by atoms with van der Waals surface area (Å²) < 4.78 is 5.09. The van der Waals surface area contributed by atoms with Gasteiger partial charge < -0.3 is 28.0 Å². The molecule has 2 aromatic rings. The monoisotopic (exact) mass is 501 g/mol. The largest absolute Gasteiger partial charge is 1.00 e. The Morgan fingerprint density at radius 2 is 1.57 bits per heavy atom. The van der Waals surface area contributed by atoms with Crippen molar-refractivity contribution in [1.29, 1.82) is 0 Å². The predicted molar refractivity (Wildman–Crippen MR) is 116 cm³/mol. The first-order valence-corrected chi connectivity index (χ1v) is 10.8. The molecule has 2 aliphatic heterocycles. The molecule has 0 radical (unpaired) electrons. The van der Waals surface area contributed by atoms with Crippen LogP contribution in [0.3, 0.4) is 0 Å². The molecular weight excluding hydrogens is 478 g/mol. The van der Waals surface area contributed by atoms with E-state index in [0.29, 0.717) is 5.56 Å². The van der Waals surface area contributed by atoms with Crippen LogP contribution < -0.4 is 18.1 Å². The SMILES string of the molecule is [Cl-].[NH3+][C@H](C(=O)O)[C@@H](CCN1C(=O)c2ccccc2C1=O)CC(=O)N1C(=O)OC[C@@H]1c1ccccc1. The van der Waals surface area contributed by atoms with Gasteiger partial charge in [0.05, 0.1) is 11.1 Å². The average Bonchev–Trinajstić information content (AvgIpc) is 3.34. The minimum atomic E-state index is -1.22. The number of hydrogen-bond donors (Lipinski definition) is 2. The highest BCUT2D eigenvalue weighted by molar-refractivity contribution is 6.21. The van der Waals surface area contributed by atoms with Gasteiger partial charge in [-0.25, -0.2) is 14.5 Å². The second-order valence-electron chi connectivity index (χ2n) is 8.27. The summed E-state index contributed by atoms with van der Waals surface area (Å²) in [5.41, 5.74) is 4.95. The van der Waals surface area contributed by atoms with E-state index in [0.717, 1.165) is 9.80 Å². The van der Waals surface area contributed by atoms with E-state index in [2.05, 4.69) is 5.73 Å². The van der Waals surface area contributed by atoms with Gasteiger partial charge in [0, 0.05) is 18.9 Å². The lowest BCUT2D eigenvalue weighted by atomic mass is 9.92. The van der Waals surface area contributed by atoms with Gasteiger partial charge in [-0.1, -0.05) is 42.5 Å². The van der Waals surface area contributed by atoms with Crippen LogP contribution in [0.5, 0.6) is 0 Å². The van der Waals surface area contributed by atoms with E-state index in [-0.39, 0.29) is 49.5 Å². The second kappa shape index (κ2) is 10.7. The molecule has 4 N–H and O–H groups in total. The van der Waals surface area contributed by atoms with Crippen LogP contribution in [0.4, 0.5) is 4.79 Å². The maximum Gasteiger partial charge on any atom is 0.417 e. The lowest BCUT2D eigenvalue weighted by molar-refractivity contribution is -0.420. The Morgan fingerprint density at radius 1 is 1.00 bits per heavy atom. The standard InChI is InChI=1S/C24H23N3O7.ClH/c25-20(23(31)32)15(10-11-26-21(29)16-8-4-5-9-17(16)22(26)30)12-19(28)27-18(13-34-24(27)33)14-6-2-1-3-7-14;/h1-9,15,18,20H,10-13,25H2,(H,31,32);1H/t15-,18+,20-;/m0./s1. The lowest BCUT2D eigenvalue weighted by Gasteiger charge is -2.24. The Bertz CT molecular complexity index is 1120. The molecule has 1 saturated heterocycles. The molecule has 0 unspecified atom stereocenters. The number of halogens is 1. The second-order valence-corrected chi connectivity index (χ2v) is 8.27. The maximum absolute atomic E-state index is 13.1. The molecule has 11 heteroatoms. The number of ether oxygens (including phenoxy) is 1. The Kier molecular flexibility index (Phi) is 7.88. The van der Waals surface area contributed by atoms with Crippen molar-refractivity contribution >= 4 is 29.8 Å². The van der Waals surface area contributed by atoms with Gasteiger partial charge in [-0.15, -0.1) is 0 Å². The summed E-state index contributed by atoms with van der Waals surface area (Å²) in [5, 5.41) is 9.52. The van der Waals surface area contributed by atoms with Gasteiger partial charge in [-0.05, 0) is 24.1 Å². The highest BCUT2D eigenvalue weighted by Crippen LogP contribution is 2.30. The number of carbonyl (C=O) groups is 5. The first-order valence-electron chi connectivity index (χ1n) is 10.8. The maximum atomic E-state index is 13.1. The fourth-order valence-corrected chi connectivity index (χ4v) is 4.32. The average molecular weight is 502 g/mol.